The van der Waals surface area contributed by atoms with Crippen LogP contribution in [0, 0.1) is 6.92 Å². The van der Waals surface area contributed by atoms with Gasteiger partial charge in [-0.2, -0.15) is 0 Å². The highest BCUT2D eigenvalue weighted by Crippen LogP contribution is 2.18. The van der Waals surface area contributed by atoms with Gasteiger partial charge in [0.15, 0.2) is 5.16 Å². The summed E-state index contributed by atoms with van der Waals surface area (Å²) in [6.45, 7) is 6.72. The number of aromatic nitrogens is 3. The van der Waals surface area contributed by atoms with E-state index in [4.69, 9.17) is 0 Å². The average Bonchev–Trinajstić information content (AvgIpc) is 2.93. The van der Waals surface area contributed by atoms with Crippen LogP contribution in [-0.4, -0.2) is 26.4 Å². The first-order valence-electron chi connectivity index (χ1n) is 6.91. The third-order valence-corrected chi connectivity index (χ3v) is 4.12. The zero-order valence-corrected chi connectivity index (χ0v) is 13.4. The van der Waals surface area contributed by atoms with E-state index in [0.29, 0.717) is 12.3 Å². The van der Waals surface area contributed by atoms with Crippen molar-refractivity contribution in [1.29, 1.82) is 0 Å². The van der Waals surface area contributed by atoms with Gasteiger partial charge in [0.1, 0.15) is 6.33 Å². The molecule has 0 spiro atoms. The van der Waals surface area contributed by atoms with Crippen molar-refractivity contribution in [2.24, 2.45) is 0 Å². The summed E-state index contributed by atoms with van der Waals surface area (Å²) in [5.41, 5.74) is 2.33. The molecule has 1 amide bonds. The Hall–Kier alpha value is -1.82. The molecular formula is C15H20N4OS. The zero-order chi connectivity index (χ0) is 15.2. The molecule has 1 aromatic carbocycles. The number of nitrogens with zero attached hydrogens (tertiary/aromatic N) is 3. The molecule has 2 rings (SSSR count). The average molecular weight is 304 g/mol. The smallest absolute Gasteiger partial charge is 0.230 e. The van der Waals surface area contributed by atoms with E-state index in [0.717, 1.165) is 10.7 Å². The highest BCUT2D eigenvalue weighted by molar-refractivity contribution is 7.99. The van der Waals surface area contributed by atoms with E-state index in [1.54, 1.807) is 6.33 Å². The molecule has 21 heavy (non-hydrogen) atoms. The molecule has 0 aliphatic heterocycles. The monoisotopic (exact) mass is 304 g/mol. The fourth-order valence-electron chi connectivity index (χ4n) is 1.87. The van der Waals surface area contributed by atoms with Crippen LogP contribution in [0.3, 0.4) is 0 Å². The lowest BCUT2D eigenvalue weighted by Gasteiger charge is -2.10. The predicted molar refractivity (Wildman–Crippen MR) is 84.2 cm³/mol. The van der Waals surface area contributed by atoms with Gasteiger partial charge in [0.05, 0.1) is 5.75 Å². The van der Waals surface area contributed by atoms with Crippen LogP contribution in [0.1, 0.15) is 31.0 Å². The number of rotatable bonds is 6. The van der Waals surface area contributed by atoms with Crippen LogP contribution in [0.2, 0.25) is 0 Å². The van der Waals surface area contributed by atoms with E-state index in [2.05, 4.69) is 29.4 Å². The largest absolute Gasteiger partial charge is 0.351 e. The summed E-state index contributed by atoms with van der Waals surface area (Å²) in [4.78, 5) is 11.9. The van der Waals surface area contributed by atoms with Gasteiger partial charge in [0.25, 0.3) is 0 Å². The molecule has 0 unspecified atom stereocenters. The van der Waals surface area contributed by atoms with Gasteiger partial charge in [-0.15, -0.1) is 10.2 Å². The van der Waals surface area contributed by atoms with Crippen LogP contribution >= 0.6 is 11.8 Å². The minimum atomic E-state index is 0.00144. The van der Waals surface area contributed by atoms with Crippen molar-refractivity contribution >= 4 is 17.7 Å². The molecular weight excluding hydrogens is 284 g/mol. The van der Waals surface area contributed by atoms with Crippen molar-refractivity contribution in [2.45, 2.75) is 38.5 Å². The van der Waals surface area contributed by atoms with Crippen LogP contribution in [0.15, 0.2) is 35.7 Å². The van der Waals surface area contributed by atoms with Gasteiger partial charge in [-0.25, -0.2) is 0 Å². The number of thioether (sulfide) groups is 1. The van der Waals surface area contributed by atoms with E-state index in [-0.39, 0.29) is 11.9 Å². The number of amides is 1. The normalized spacial score (nSPS) is 10.9. The van der Waals surface area contributed by atoms with E-state index in [1.165, 1.54) is 17.3 Å². The summed E-state index contributed by atoms with van der Waals surface area (Å²) >= 11 is 1.41. The number of nitrogens with one attached hydrogen (secondary N) is 1. The lowest BCUT2D eigenvalue weighted by molar-refractivity contribution is -0.118. The zero-order valence-electron chi connectivity index (χ0n) is 12.5. The second-order valence-corrected chi connectivity index (χ2v) is 6.05. The van der Waals surface area contributed by atoms with Crippen LogP contribution in [0.5, 0.6) is 0 Å². The molecule has 6 heteroatoms. The lowest BCUT2D eigenvalue weighted by atomic mass is 10.1. The molecule has 0 radical (unpaired) electrons. The Morgan fingerprint density at radius 3 is 2.86 bits per heavy atom. The molecule has 0 fully saturated rings. The summed E-state index contributed by atoms with van der Waals surface area (Å²) in [5.74, 6) is 0.346. The van der Waals surface area contributed by atoms with Crippen molar-refractivity contribution < 1.29 is 4.79 Å². The maximum atomic E-state index is 11.9. The van der Waals surface area contributed by atoms with Gasteiger partial charge in [-0.3, -0.25) is 4.79 Å². The lowest BCUT2D eigenvalue weighted by Crippen LogP contribution is -2.25. The van der Waals surface area contributed by atoms with E-state index in [1.807, 2.05) is 35.8 Å². The topological polar surface area (TPSA) is 59.8 Å². The van der Waals surface area contributed by atoms with Gasteiger partial charge in [-0.1, -0.05) is 36.0 Å². The Bertz CT molecular complexity index is 609. The first-order chi connectivity index (χ1) is 10.1. The molecule has 5 nitrogen and oxygen atoms in total. The molecule has 0 aliphatic rings. The van der Waals surface area contributed by atoms with E-state index in [9.17, 15) is 4.79 Å². The number of carbonyl (C=O) groups is 1. The summed E-state index contributed by atoms with van der Waals surface area (Å²) in [7, 11) is 0. The second kappa shape index (κ2) is 7.26. The SMILES string of the molecule is Cc1ccccc1CNC(=O)CSc1nncn1C(C)C. The third-order valence-electron chi connectivity index (χ3n) is 3.17. The summed E-state index contributed by atoms with van der Waals surface area (Å²) in [6, 6.07) is 8.33. The summed E-state index contributed by atoms with van der Waals surface area (Å²) < 4.78 is 1.96. The van der Waals surface area contributed by atoms with Gasteiger partial charge in [0.2, 0.25) is 5.91 Å². The fraction of sp³-hybridized carbons (Fsp3) is 0.400. The molecule has 0 saturated heterocycles. The van der Waals surface area contributed by atoms with Crippen molar-refractivity contribution in [3.05, 3.63) is 41.7 Å². The molecule has 0 atom stereocenters. The van der Waals surface area contributed by atoms with Crippen molar-refractivity contribution in [2.75, 3.05) is 5.75 Å². The van der Waals surface area contributed by atoms with Crippen LogP contribution in [0.25, 0.3) is 0 Å². The quantitative estimate of drug-likeness (QED) is 0.833. The minimum absolute atomic E-state index is 0.00144. The van der Waals surface area contributed by atoms with Gasteiger partial charge >= 0.3 is 0 Å². The summed E-state index contributed by atoms with van der Waals surface area (Å²) in [5, 5.41) is 11.6. The molecule has 0 bridgehead atoms. The third kappa shape index (κ3) is 4.32. The maximum absolute atomic E-state index is 11.9. The fourth-order valence-corrected chi connectivity index (χ4v) is 2.75. The second-order valence-electron chi connectivity index (χ2n) is 5.11. The van der Waals surface area contributed by atoms with E-state index >= 15 is 0 Å². The first kappa shape index (κ1) is 15.6. The molecule has 1 aromatic heterocycles. The molecule has 1 N–H and O–H groups in total. The van der Waals surface area contributed by atoms with Crippen LogP contribution < -0.4 is 5.32 Å². The molecule has 0 aliphatic carbocycles. The summed E-state index contributed by atoms with van der Waals surface area (Å²) in [6.07, 6.45) is 1.69. The predicted octanol–water partition coefficient (Wildman–Crippen LogP) is 2.58. The Morgan fingerprint density at radius 1 is 1.38 bits per heavy atom. The first-order valence-corrected chi connectivity index (χ1v) is 7.90. The Morgan fingerprint density at radius 2 is 2.14 bits per heavy atom. The Labute approximate surface area is 129 Å². The van der Waals surface area contributed by atoms with E-state index < -0.39 is 0 Å². The van der Waals surface area contributed by atoms with Crippen LogP contribution in [0.4, 0.5) is 0 Å². The Kier molecular flexibility index (Phi) is 5.38. The van der Waals surface area contributed by atoms with Gasteiger partial charge in [-0.05, 0) is 31.9 Å². The molecule has 0 saturated carbocycles. The Balaban J connectivity index is 1.83. The number of hydrogen-bond donors (Lipinski definition) is 1. The highest BCUT2D eigenvalue weighted by atomic mass is 32.2. The molecule has 1 heterocycles. The number of carbonyl (C=O) groups excluding carboxylic acids is 1. The minimum Gasteiger partial charge on any atom is -0.351 e. The van der Waals surface area contributed by atoms with Crippen LogP contribution in [-0.2, 0) is 11.3 Å². The number of aryl methyl sites for hydroxylation is 1. The van der Waals surface area contributed by atoms with Crippen molar-refractivity contribution in [1.82, 2.24) is 20.1 Å². The number of benzene rings is 1. The van der Waals surface area contributed by atoms with Crippen molar-refractivity contribution in [3.8, 4) is 0 Å². The van der Waals surface area contributed by atoms with Gasteiger partial charge < -0.3 is 9.88 Å². The van der Waals surface area contributed by atoms with Gasteiger partial charge in [0, 0.05) is 12.6 Å². The number of hydrogen-bond acceptors (Lipinski definition) is 4. The van der Waals surface area contributed by atoms with Crippen molar-refractivity contribution in [3.63, 3.8) is 0 Å². The molecule has 2 aromatic rings. The maximum Gasteiger partial charge on any atom is 0.230 e. The highest BCUT2D eigenvalue weighted by Gasteiger charge is 2.10. The molecule has 112 valence electrons. The standard InChI is InChI=1S/C15H20N4OS/c1-11(2)19-10-17-18-15(19)21-9-14(20)16-8-13-7-5-4-6-12(13)3/h4-7,10-11H,8-9H2,1-3H3,(H,16,20).